The van der Waals surface area contributed by atoms with E-state index >= 15 is 0 Å². The third-order valence-electron chi connectivity index (χ3n) is 4.71. The summed E-state index contributed by atoms with van der Waals surface area (Å²) in [5.41, 5.74) is 0.389. The highest BCUT2D eigenvalue weighted by atomic mass is 127. The fourth-order valence-electron chi connectivity index (χ4n) is 3.36. The first-order valence-corrected chi connectivity index (χ1v) is 8.73. The molecule has 0 bridgehead atoms. The van der Waals surface area contributed by atoms with Gasteiger partial charge in [-0.2, -0.15) is 0 Å². The number of guanidine groups is 1. The van der Waals surface area contributed by atoms with Gasteiger partial charge in [0.15, 0.2) is 17.6 Å². The molecule has 1 N–H and O–H groups in total. The second-order valence-corrected chi connectivity index (χ2v) is 6.05. The molecular weight excluding hydrogens is 437 g/mol. The Kier molecular flexibility index (Phi) is 9.63. The van der Waals surface area contributed by atoms with E-state index in [1.54, 1.807) is 13.1 Å². The van der Waals surface area contributed by atoms with E-state index in [0.29, 0.717) is 24.6 Å². The third kappa shape index (κ3) is 5.77. The van der Waals surface area contributed by atoms with Crippen LogP contribution in [0.25, 0.3) is 0 Å². The minimum atomic E-state index is -0.793. The van der Waals surface area contributed by atoms with E-state index in [1.807, 2.05) is 0 Å². The molecule has 1 saturated heterocycles. The summed E-state index contributed by atoms with van der Waals surface area (Å²) in [5, 5.41) is 3.27. The summed E-state index contributed by atoms with van der Waals surface area (Å²) in [6.45, 7) is 8.93. The topological polar surface area (TPSA) is 30.9 Å². The minimum absolute atomic E-state index is 0. The maximum absolute atomic E-state index is 13.7. The van der Waals surface area contributed by atoms with Crippen molar-refractivity contribution >= 4 is 29.9 Å². The molecule has 142 valence electrons. The molecule has 0 saturated carbocycles. The number of nitrogens with one attached hydrogen (secondary N) is 1. The molecule has 1 aliphatic rings. The van der Waals surface area contributed by atoms with Crippen molar-refractivity contribution in [1.82, 2.24) is 15.1 Å². The highest BCUT2D eigenvalue weighted by Crippen LogP contribution is 2.16. The van der Waals surface area contributed by atoms with E-state index in [1.165, 1.54) is 6.07 Å². The van der Waals surface area contributed by atoms with Gasteiger partial charge in [0.1, 0.15) is 0 Å². The quantitative estimate of drug-likeness (QED) is 0.397. The van der Waals surface area contributed by atoms with Crippen LogP contribution in [0.15, 0.2) is 23.2 Å². The molecule has 0 radical (unpaired) electrons. The predicted molar refractivity (Wildman–Crippen MR) is 110 cm³/mol. The standard InChI is InChI=1S/C18H28F2N4.HI/c1-4-23(5-2)15-10-12-24(13-15)18(21-3)22-11-9-14-7-6-8-16(19)17(14)20;/h6-8,15H,4-5,9-13H2,1-3H3,(H,21,22);1H. The number of aliphatic imine (C=N–C) groups is 1. The van der Waals surface area contributed by atoms with Gasteiger partial charge in [-0.05, 0) is 37.6 Å². The van der Waals surface area contributed by atoms with Crippen LogP contribution >= 0.6 is 24.0 Å². The normalized spacial score (nSPS) is 17.8. The summed E-state index contributed by atoms with van der Waals surface area (Å²) in [6, 6.07) is 4.86. The fourth-order valence-corrected chi connectivity index (χ4v) is 3.36. The second kappa shape index (κ2) is 10.9. The van der Waals surface area contributed by atoms with E-state index < -0.39 is 11.6 Å². The first-order chi connectivity index (χ1) is 11.6. The van der Waals surface area contributed by atoms with Gasteiger partial charge in [0.05, 0.1) is 0 Å². The summed E-state index contributed by atoms with van der Waals surface area (Å²) >= 11 is 0. The van der Waals surface area contributed by atoms with Crippen LogP contribution in [-0.4, -0.2) is 61.6 Å². The van der Waals surface area contributed by atoms with Crippen LogP contribution in [0.3, 0.4) is 0 Å². The zero-order valence-electron chi connectivity index (χ0n) is 15.3. The fraction of sp³-hybridized carbons (Fsp3) is 0.611. The molecule has 4 nitrogen and oxygen atoms in total. The van der Waals surface area contributed by atoms with Crippen molar-refractivity contribution in [3.8, 4) is 0 Å². The van der Waals surface area contributed by atoms with Crippen LogP contribution in [0.4, 0.5) is 8.78 Å². The number of hydrogen-bond acceptors (Lipinski definition) is 2. The average molecular weight is 466 g/mol. The van der Waals surface area contributed by atoms with Crippen molar-refractivity contribution in [2.24, 2.45) is 4.99 Å². The molecule has 25 heavy (non-hydrogen) atoms. The van der Waals surface area contributed by atoms with Crippen LogP contribution < -0.4 is 5.32 Å². The molecule has 7 heteroatoms. The molecule has 1 atom stereocenters. The van der Waals surface area contributed by atoms with E-state index in [9.17, 15) is 8.78 Å². The van der Waals surface area contributed by atoms with Crippen molar-refractivity contribution < 1.29 is 8.78 Å². The van der Waals surface area contributed by atoms with Gasteiger partial charge in [-0.1, -0.05) is 26.0 Å². The monoisotopic (exact) mass is 466 g/mol. The maximum atomic E-state index is 13.7. The first kappa shape index (κ1) is 22.1. The Hall–Kier alpha value is -0.960. The minimum Gasteiger partial charge on any atom is -0.356 e. The molecule has 1 aliphatic heterocycles. The van der Waals surface area contributed by atoms with Crippen molar-refractivity contribution in [3.63, 3.8) is 0 Å². The molecule has 1 unspecified atom stereocenters. The van der Waals surface area contributed by atoms with Gasteiger partial charge in [-0.25, -0.2) is 8.78 Å². The van der Waals surface area contributed by atoms with Gasteiger partial charge in [0, 0.05) is 32.7 Å². The summed E-state index contributed by atoms with van der Waals surface area (Å²) < 4.78 is 26.9. The van der Waals surface area contributed by atoms with Crippen LogP contribution in [-0.2, 0) is 6.42 Å². The zero-order valence-corrected chi connectivity index (χ0v) is 17.6. The molecule has 0 spiro atoms. The van der Waals surface area contributed by atoms with Crippen molar-refractivity contribution in [2.75, 3.05) is 39.8 Å². The number of likely N-dealkylation sites (N-methyl/N-ethyl adjacent to an activating group) is 1. The summed E-state index contributed by atoms with van der Waals surface area (Å²) in [7, 11) is 1.76. The van der Waals surface area contributed by atoms with Crippen molar-refractivity contribution in [1.29, 1.82) is 0 Å². The Labute approximate surface area is 166 Å². The molecule has 1 aromatic carbocycles. The highest BCUT2D eigenvalue weighted by molar-refractivity contribution is 14.0. The van der Waals surface area contributed by atoms with Gasteiger partial charge in [-0.3, -0.25) is 9.89 Å². The van der Waals surface area contributed by atoms with Gasteiger partial charge < -0.3 is 10.2 Å². The predicted octanol–water partition coefficient (Wildman–Crippen LogP) is 3.12. The van der Waals surface area contributed by atoms with Crippen molar-refractivity contribution in [3.05, 3.63) is 35.4 Å². The van der Waals surface area contributed by atoms with Gasteiger partial charge >= 0.3 is 0 Å². The van der Waals surface area contributed by atoms with Crippen LogP contribution in [0.5, 0.6) is 0 Å². The SMILES string of the molecule is CCN(CC)C1CCN(C(=NC)NCCc2cccc(F)c2F)C1.I. The maximum Gasteiger partial charge on any atom is 0.193 e. The summed E-state index contributed by atoms with van der Waals surface area (Å²) in [5.74, 6) is -0.711. The largest absolute Gasteiger partial charge is 0.356 e. The lowest BCUT2D eigenvalue weighted by Gasteiger charge is -2.27. The van der Waals surface area contributed by atoms with Crippen LogP contribution in [0.2, 0.25) is 0 Å². The Morgan fingerprint density at radius 1 is 1.32 bits per heavy atom. The average Bonchev–Trinajstić information content (AvgIpc) is 3.06. The number of halogens is 3. The molecule has 0 aliphatic carbocycles. The van der Waals surface area contributed by atoms with Gasteiger partial charge in [0.25, 0.3) is 0 Å². The molecular formula is C18H29F2IN4. The highest BCUT2D eigenvalue weighted by Gasteiger charge is 2.27. The number of rotatable bonds is 6. The molecule has 1 fully saturated rings. The number of nitrogens with zero attached hydrogens (tertiary/aromatic N) is 3. The third-order valence-corrected chi connectivity index (χ3v) is 4.71. The smallest absolute Gasteiger partial charge is 0.193 e. The second-order valence-electron chi connectivity index (χ2n) is 6.05. The molecule has 1 heterocycles. The van der Waals surface area contributed by atoms with Gasteiger partial charge in [0.2, 0.25) is 0 Å². The Morgan fingerprint density at radius 3 is 2.68 bits per heavy atom. The molecule has 1 aromatic rings. The van der Waals surface area contributed by atoms with E-state index in [-0.39, 0.29) is 24.0 Å². The van der Waals surface area contributed by atoms with E-state index in [4.69, 9.17) is 0 Å². The molecule has 2 rings (SSSR count). The number of benzene rings is 1. The van der Waals surface area contributed by atoms with Gasteiger partial charge in [-0.15, -0.1) is 24.0 Å². The zero-order chi connectivity index (χ0) is 17.5. The molecule has 0 amide bonds. The first-order valence-electron chi connectivity index (χ1n) is 8.73. The van der Waals surface area contributed by atoms with E-state index in [0.717, 1.165) is 44.6 Å². The Bertz CT molecular complexity index is 564. The summed E-state index contributed by atoms with van der Waals surface area (Å²) in [6.07, 6.45) is 1.55. The lowest BCUT2D eigenvalue weighted by atomic mass is 10.1. The lowest BCUT2D eigenvalue weighted by Crippen LogP contribution is -2.43. The lowest BCUT2D eigenvalue weighted by molar-refractivity contribution is 0.223. The van der Waals surface area contributed by atoms with Crippen LogP contribution in [0.1, 0.15) is 25.8 Å². The van der Waals surface area contributed by atoms with E-state index in [2.05, 4.69) is 34.0 Å². The summed E-state index contributed by atoms with van der Waals surface area (Å²) in [4.78, 5) is 9.04. The Morgan fingerprint density at radius 2 is 2.04 bits per heavy atom. The number of likely N-dealkylation sites (tertiary alicyclic amines) is 1. The van der Waals surface area contributed by atoms with Crippen molar-refractivity contribution in [2.45, 2.75) is 32.7 Å². The number of hydrogen-bond donors (Lipinski definition) is 1. The molecule has 0 aromatic heterocycles. The Balaban J connectivity index is 0.00000312. The van der Waals surface area contributed by atoms with Crippen LogP contribution in [0, 0.1) is 11.6 Å².